The average molecular weight is 520 g/mol. The molecule has 1 aromatic carbocycles. The first-order valence-corrected chi connectivity index (χ1v) is 11.4. The molecular weight excluding hydrogens is 491 g/mol. The molecule has 7 nitrogen and oxygen atoms in total. The molecule has 1 fully saturated rings. The molecule has 1 saturated heterocycles. The maximum atomic E-state index is 12.5. The van der Waals surface area contributed by atoms with Crippen LogP contribution in [0.3, 0.4) is 0 Å². The molecule has 0 radical (unpaired) electrons. The fraction of sp³-hybridized carbons (Fsp3) is 0.579. The van der Waals surface area contributed by atoms with Gasteiger partial charge in [-0.3, -0.25) is 9.79 Å². The van der Waals surface area contributed by atoms with E-state index >= 15 is 0 Å². The van der Waals surface area contributed by atoms with Crippen LogP contribution in [-0.2, 0) is 21.1 Å². The minimum atomic E-state index is -2.92. The van der Waals surface area contributed by atoms with E-state index in [1.807, 2.05) is 30.0 Å². The van der Waals surface area contributed by atoms with Crippen LogP contribution in [0.5, 0.6) is 0 Å². The van der Waals surface area contributed by atoms with Gasteiger partial charge in [-0.1, -0.05) is 18.2 Å². The molecular formula is C19H29IN4O3S. The molecule has 3 rings (SSSR count). The number of para-hydroxylation sites is 1. The lowest BCUT2D eigenvalue weighted by molar-refractivity contribution is -0.118. The van der Waals surface area contributed by atoms with Crippen LogP contribution in [-0.4, -0.2) is 57.5 Å². The molecule has 0 spiro atoms. The molecule has 9 heteroatoms. The molecule has 0 saturated carbocycles. The Bertz CT molecular complexity index is 813. The van der Waals surface area contributed by atoms with Crippen molar-refractivity contribution < 1.29 is 13.2 Å². The number of hydrogen-bond donors (Lipinski definition) is 2. The van der Waals surface area contributed by atoms with Gasteiger partial charge in [-0.2, -0.15) is 0 Å². The van der Waals surface area contributed by atoms with Crippen LogP contribution in [0.2, 0.25) is 0 Å². The summed E-state index contributed by atoms with van der Waals surface area (Å²) in [5.74, 6) is 1.15. The summed E-state index contributed by atoms with van der Waals surface area (Å²) in [5, 5.41) is 6.33. The van der Waals surface area contributed by atoms with E-state index in [2.05, 4.69) is 21.7 Å². The van der Waals surface area contributed by atoms with E-state index in [0.29, 0.717) is 38.3 Å². The van der Waals surface area contributed by atoms with Crippen molar-refractivity contribution in [3.8, 4) is 0 Å². The van der Waals surface area contributed by atoms with Crippen molar-refractivity contribution in [2.75, 3.05) is 36.0 Å². The Morgan fingerprint density at radius 2 is 2.11 bits per heavy atom. The molecule has 2 heterocycles. The third-order valence-electron chi connectivity index (χ3n) is 4.92. The summed E-state index contributed by atoms with van der Waals surface area (Å²) in [4.78, 5) is 18.9. The summed E-state index contributed by atoms with van der Waals surface area (Å²) in [6.07, 6.45) is 2.64. The third kappa shape index (κ3) is 6.07. The fourth-order valence-corrected chi connectivity index (χ4v) is 5.25. The van der Waals surface area contributed by atoms with Gasteiger partial charge in [0.25, 0.3) is 0 Å². The average Bonchev–Trinajstić information content (AvgIpc) is 3.21. The van der Waals surface area contributed by atoms with Gasteiger partial charge in [0.05, 0.1) is 11.5 Å². The van der Waals surface area contributed by atoms with Crippen LogP contribution >= 0.6 is 24.0 Å². The van der Waals surface area contributed by atoms with Gasteiger partial charge in [-0.05, 0) is 37.8 Å². The smallest absolute Gasteiger partial charge is 0.227 e. The molecule has 1 unspecified atom stereocenters. The van der Waals surface area contributed by atoms with E-state index in [-0.39, 0.29) is 47.4 Å². The standard InChI is InChI=1S/C19H28N4O3S.HI/c1-2-20-19(22-16-10-13-27(25,26)14-16)21-11-5-8-18(24)23-12-9-15-6-3-4-7-17(15)23;/h3-4,6-7,16H,2,5,8-14H2,1H3,(H2,20,21,22);1H. The number of nitrogens with one attached hydrogen (secondary N) is 2. The number of benzene rings is 1. The van der Waals surface area contributed by atoms with Crippen molar-refractivity contribution >= 4 is 51.4 Å². The highest BCUT2D eigenvalue weighted by Gasteiger charge is 2.28. The number of fused-ring (bicyclic) bond motifs is 1. The summed E-state index contributed by atoms with van der Waals surface area (Å²) < 4.78 is 23.2. The molecule has 2 N–H and O–H groups in total. The van der Waals surface area contributed by atoms with Gasteiger partial charge in [0, 0.05) is 37.8 Å². The first-order chi connectivity index (χ1) is 13.0. The van der Waals surface area contributed by atoms with Crippen molar-refractivity contribution in [3.05, 3.63) is 29.8 Å². The number of sulfone groups is 1. The zero-order valence-electron chi connectivity index (χ0n) is 16.2. The number of carbonyl (C=O) groups excluding carboxylic acids is 1. The first kappa shape index (κ1) is 22.9. The van der Waals surface area contributed by atoms with Crippen molar-refractivity contribution in [1.82, 2.24) is 10.6 Å². The number of anilines is 1. The normalized spacial score (nSPS) is 20.4. The topological polar surface area (TPSA) is 90.9 Å². The second-order valence-corrected chi connectivity index (χ2v) is 9.26. The largest absolute Gasteiger partial charge is 0.357 e. The van der Waals surface area contributed by atoms with Crippen LogP contribution in [0.4, 0.5) is 5.69 Å². The number of guanidine groups is 1. The van der Waals surface area contributed by atoms with Crippen molar-refractivity contribution in [2.45, 2.75) is 38.6 Å². The SMILES string of the molecule is CCNC(=NCCCC(=O)N1CCc2ccccc21)NC1CCS(=O)(=O)C1.I. The van der Waals surface area contributed by atoms with Crippen molar-refractivity contribution in [3.63, 3.8) is 0 Å². The highest BCUT2D eigenvalue weighted by Crippen LogP contribution is 2.28. The summed E-state index contributed by atoms with van der Waals surface area (Å²) in [7, 11) is -2.92. The van der Waals surface area contributed by atoms with Crippen LogP contribution < -0.4 is 15.5 Å². The lowest BCUT2D eigenvalue weighted by Crippen LogP contribution is -2.44. The molecule has 0 aromatic heterocycles. The van der Waals surface area contributed by atoms with Gasteiger partial charge in [0.15, 0.2) is 15.8 Å². The Kier molecular flexibility index (Phi) is 8.54. The van der Waals surface area contributed by atoms with Crippen LogP contribution in [0.1, 0.15) is 31.7 Å². The zero-order chi connectivity index (χ0) is 19.3. The number of hydrogen-bond acceptors (Lipinski definition) is 4. The van der Waals surface area contributed by atoms with Gasteiger partial charge in [-0.25, -0.2) is 8.42 Å². The van der Waals surface area contributed by atoms with Gasteiger partial charge in [0.2, 0.25) is 5.91 Å². The molecule has 1 amide bonds. The van der Waals surface area contributed by atoms with Crippen molar-refractivity contribution in [1.29, 1.82) is 0 Å². The highest BCUT2D eigenvalue weighted by molar-refractivity contribution is 14.0. The Morgan fingerprint density at radius 1 is 1.32 bits per heavy atom. The number of rotatable bonds is 6. The molecule has 2 aliphatic rings. The van der Waals surface area contributed by atoms with Crippen LogP contribution in [0.15, 0.2) is 29.3 Å². The fourth-order valence-electron chi connectivity index (χ4n) is 3.58. The van der Waals surface area contributed by atoms with Gasteiger partial charge >= 0.3 is 0 Å². The van der Waals surface area contributed by atoms with Gasteiger partial charge in [0.1, 0.15) is 0 Å². The predicted molar refractivity (Wildman–Crippen MR) is 123 cm³/mol. The Labute approximate surface area is 184 Å². The van der Waals surface area contributed by atoms with E-state index in [1.54, 1.807) is 0 Å². The third-order valence-corrected chi connectivity index (χ3v) is 6.69. The lowest BCUT2D eigenvalue weighted by atomic mass is 10.2. The highest BCUT2D eigenvalue weighted by atomic mass is 127. The molecule has 1 aromatic rings. The molecule has 2 aliphatic heterocycles. The molecule has 0 bridgehead atoms. The Hall–Kier alpha value is -1.36. The van der Waals surface area contributed by atoms with Gasteiger partial charge < -0.3 is 15.5 Å². The van der Waals surface area contributed by atoms with Gasteiger partial charge in [-0.15, -0.1) is 24.0 Å². The van der Waals surface area contributed by atoms with E-state index < -0.39 is 9.84 Å². The second kappa shape index (κ2) is 10.4. The molecule has 1 atom stereocenters. The number of nitrogens with zero attached hydrogens (tertiary/aromatic N) is 2. The monoisotopic (exact) mass is 520 g/mol. The summed E-state index contributed by atoms with van der Waals surface area (Å²) in [6, 6.07) is 7.96. The Morgan fingerprint density at radius 3 is 2.82 bits per heavy atom. The number of halogens is 1. The number of carbonyl (C=O) groups is 1. The van der Waals surface area contributed by atoms with E-state index in [0.717, 1.165) is 18.7 Å². The zero-order valence-corrected chi connectivity index (χ0v) is 19.3. The molecule has 0 aliphatic carbocycles. The number of amides is 1. The minimum absolute atomic E-state index is 0. The van der Waals surface area contributed by atoms with Crippen LogP contribution in [0, 0.1) is 0 Å². The lowest BCUT2D eigenvalue weighted by Gasteiger charge is -2.17. The quantitative estimate of drug-likeness (QED) is 0.258. The van der Waals surface area contributed by atoms with Crippen molar-refractivity contribution in [2.24, 2.45) is 4.99 Å². The minimum Gasteiger partial charge on any atom is -0.357 e. The summed E-state index contributed by atoms with van der Waals surface area (Å²) in [5.41, 5.74) is 2.26. The first-order valence-electron chi connectivity index (χ1n) is 9.62. The second-order valence-electron chi connectivity index (χ2n) is 7.03. The van der Waals surface area contributed by atoms with E-state index in [1.165, 1.54) is 5.56 Å². The summed E-state index contributed by atoms with van der Waals surface area (Å²) in [6.45, 7) is 3.95. The predicted octanol–water partition coefficient (Wildman–Crippen LogP) is 1.72. The maximum Gasteiger partial charge on any atom is 0.227 e. The maximum absolute atomic E-state index is 12.5. The molecule has 28 heavy (non-hydrogen) atoms. The van der Waals surface area contributed by atoms with Crippen LogP contribution in [0.25, 0.3) is 0 Å². The summed E-state index contributed by atoms with van der Waals surface area (Å²) >= 11 is 0. The number of aliphatic imine (C=N–C) groups is 1. The van der Waals surface area contributed by atoms with E-state index in [4.69, 9.17) is 0 Å². The molecule has 156 valence electrons. The Balaban J connectivity index is 0.00000280. The van der Waals surface area contributed by atoms with E-state index in [9.17, 15) is 13.2 Å².